The maximum absolute atomic E-state index is 13.7. The number of allylic oxidation sites excluding steroid dienone is 1. The van der Waals surface area contributed by atoms with Crippen molar-refractivity contribution in [1.82, 2.24) is 0 Å². The summed E-state index contributed by atoms with van der Waals surface area (Å²) in [7, 11) is 0. The minimum absolute atomic E-state index is 0.121. The van der Waals surface area contributed by atoms with Crippen molar-refractivity contribution in [2.45, 2.75) is 131 Å². The summed E-state index contributed by atoms with van der Waals surface area (Å²) in [6, 6.07) is 10.6. The third-order valence-corrected chi connectivity index (χ3v) is 15.1. The fraction of sp³-hybridized carbons (Fsp3) is 0.633. The number of carbonyl (C=O) groups is 1. The molecule has 0 spiro atoms. The van der Waals surface area contributed by atoms with E-state index in [0.29, 0.717) is 63.7 Å². The summed E-state index contributed by atoms with van der Waals surface area (Å²) in [5, 5.41) is 0.443. The molecule has 0 saturated heterocycles. The second-order valence-corrected chi connectivity index (χ2v) is 19.2. The highest BCUT2D eigenvalue weighted by atomic mass is 16.6. The summed E-state index contributed by atoms with van der Waals surface area (Å²) >= 11 is 0. The normalized spacial score (nSPS) is 30.3. The molecule has 1 aliphatic heterocycles. The van der Waals surface area contributed by atoms with Crippen molar-refractivity contribution in [2.24, 2.45) is 46.3 Å². The Morgan fingerprint density at radius 1 is 0.929 bits per heavy atom. The van der Waals surface area contributed by atoms with Crippen LogP contribution in [0.15, 0.2) is 57.3 Å². The molecule has 7 nitrogen and oxygen atoms in total. The van der Waals surface area contributed by atoms with Crippen LogP contribution in [0.3, 0.4) is 0 Å². The van der Waals surface area contributed by atoms with Gasteiger partial charge in [0.2, 0.25) is 5.43 Å². The Hall–Kier alpha value is -3.74. The fourth-order valence-corrected chi connectivity index (χ4v) is 12.0. The first-order chi connectivity index (χ1) is 26.9. The van der Waals surface area contributed by atoms with Crippen LogP contribution in [0.1, 0.15) is 124 Å². The van der Waals surface area contributed by atoms with Crippen molar-refractivity contribution in [2.75, 3.05) is 19.8 Å². The van der Waals surface area contributed by atoms with E-state index >= 15 is 0 Å². The van der Waals surface area contributed by atoms with Crippen molar-refractivity contribution in [1.29, 1.82) is 0 Å². The summed E-state index contributed by atoms with van der Waals surface area (Å²) in [5.74, 6) is 6.79. The van der Waals surface area contributed by atoms with Crippen molar-refractivity contribution < 1.29 is 28.2 Å². The number of aryl methyl sites for hydroxylation is 1. The molecule has 8 rings (SSSR count). The highest BCUT2D eigenvalue weighted by molar-refractivity contribution is 5.84. The first kappa shape index (κ1) is 39.1. The van der Waals surface area contributed by atoms with E-state index in [2.05, 4.69) is 40.7 Å². The van der Waals surface area contributed by atoms with Gasteiger partial charge < -0.3 is 23.4 Å². The zero-order chi connectivity index (χ0) is 39.2. The van der Waals surface area contributed by atoms with Gasteiger partial charge in [0.15, 0.2) is 18.1 Å². The molecule has 5 aliphatic rings. The van der Waals surface area contributed by atoms with E-state index in [0.717, 1.165) is 61.2 Å². The number of esters is 1. The van der Waals surface area contributed by atoms with Crippen LogP contribution >= 0.6 is 0 Å². The standard InChI is InChI=1S/C49H64O7/c1-30(2)9-7-10-31(3)34-11-17-40-38-15-13-35-26-37(19-22-49(35,6)41(38)20-21-48(40,5)28-34)56-45(50)29-54-36-14-16-39-43(27-36)55-32(4)46(47(39)51)33-12-18-42-44(25-33)53-24-8-23-52-42/h12-14,16,18,25,27,30-31,34,37-38,40-41H,7-11,15,17,19-24,26,28-29H2,1-6H3/t31-,34-,37+,38+,40-,41+,48+,49-/m0/s1. The third kappa shape index (κ3) is 7.65. The molecule has 7 heteroatoms. The Kier molecular flexibility index (Phi) is 11.1. The molecule has 1 aromatic heterocycles. The van der Waals surface area contributed by atoms with Crippen LogP contribution in [0.5, 0.6) is 17.2 Å². The number of benzene rings is 2. The quantitative estimate of drug-likeness (QED) is 0.150. The lowest BCUT2D eigenvalue weighted by Gasteiger charge is -2.61. The molecule has 2 heterocycles. The molecular formula is C49H64O7. The van der Waals surface area contributed by atoms with Crippen LogP contribution in [0.2, 0.25) is 0 Å². The summed E-state index contributed by atoms with van der Waals surface area (Å²) < 4.78 is 29.8. The zero-order valence-electron chi connectivity index (χ0n) is 34.8. The fourth-order valence-electron chi connectivity index (χ4n) is 12.0. The van der Waals surface area contributed by atoms with Crippen LogP contribution < -0.4 is 19.6 Å². The average molecular weight is 765 g/mol. The van der Waals surface area contributed by atoms with Crippen molar-refractivity contribution in [3.63, 3.8) is 0 Å². The largest absolute Gasteiger partial charge is 0.490 e. The smallest absolute Gasteiger partial charge is 0.344 e. The minimum atomic E-state index is -0.362. The molecule has 3 fully saturated rings. The van der Waals surface area contributed by atoms with Crippen LogP contribution in [-0.4, -0.2) is 31.9 Å². The van der Waals surface area contributed by atoms with Gasteiger partial charge in [-0.2, -0.15) is 0 Å². The van der Waals surface area contributed by atoms with Gasteiger partial charge in [-0.1, -0.05) is 71.6 Å². The topological polar surface area (TPSA) is 84.2 Å². The van der Waals surface area contributed by atoms with Crippen LogP contribution in [-0.2, 0) is 9.53 Å². The lowest BCUT2D eigenvalue weighted by atomic mass is 9.44. The minimum Gasteiger partial charge on any atom is -0.490 e. The van der Waals surface area contributed by atoms with E-state index in [1.807, 2.05) is 18.2 Å². The molecule has 3 aromatic rings. The molecule has 2 aromatic carbocycles. The summed E-state index contributed by atoms with van der Waals surface area (Å²) in [6.45, 7) is 15.2. The Bertz CT molecular complexity index is 2010. The second-order valence-electron chi connectivity index (χ2n) is 19.2. The molecule has 3 saturated carbocycles. The average Bonchev–Trinajstić information content (AvgIpc) is 3.41. The monoisotopic (exact) mass is 764 g/mol. The van der Waals surface area contributed by atoms with Gasteiger partial charge in [-0.25, -0.2) is 4.79 Å². The van der Waals surface area contributed by atoms with Gasteiger partial charge in [0.25, 0.3) is 0 Å². The van der Waals surface area contributed by atoms with E-state index in [9.17, 15) is 9.59 Å². The van der Waals surface area contributed by atoms with Gasteiger partial charge in [-0.05, 0) is 134 Å². The molecule has 8 atom stereocenters. The third-order valence-electron chi connectivity index (χ3n) is 15.1. The van der Waals surface area contributed by atoms with E-state index in [1.54, 1.807) is 25.1 Å². The molecular weight excluding hydrogens is 701 g/mol. The Labute approximate surface area is 333 Å². The summed E-state index contributed by atoms with van der Waals surface area (Å²) in [6.07, 6.45) is 18.3. The van der Waals surface area contributed by atoms with Crippen LogP contribution in [0, 0.1) is 53.3 Å². The van der Waals surface area contributed by atoms with E-state index < -0.39 is 0 Å². The van der Waals surface area contributed by atoms with Crippen molar-refractivity contribution in [3.8, 4) is 28.4 Å². The highest BCUT2D eigenvalue weighted by Crippen LogP contribution is 2.65. The first-order valence-electron chi connectivity index (χ1n) is 21.9. The maximum Gasteiger partial charge on any atom is 0.344 e. The molecule has 302 valence electrons. The molecule has 4 aliphatic carbocycles. The van der Waals surface area contributed by atoms with E-state index in [4.69, 9.17) is 23.4 Å². The van der Waals surface area contributed by atoms with Crippen LogP contribution in [0.4, 0.5) is 0 Å². The number of carbonyl (C=O) groups excluding carboxylic acids is 1. The number of fused-ring (bicyclic) bond motifs is 7. The van der Waals surface area contributed by atoms with Crippen molar-refractivity contribution in [3.05, 3.63) is 64.0 Å². The summed E-state index contributed by atoms with van der Waals surface area (Å²) in [4.78, 5) is 26.8. The Morgan fingerprint density at radius 2 is 1.75 bits per heavy atom. The molecule has 56 heavy (non-hydrogen) atoms. The number of ether oxygens (including phenoxy) is 4. The highest BCUT2D eigenvalue weighted by Gasteiger charge is 2.56. The van der Waals surface area contributed by atoms with Gasteiger partial charge in [0.1, 0.15) is 23.2 Å². The number of hydrogen-bond donors (Lipinski definition) is 0. The second kappa shape index (κ2) is 15.9. The summed E-state index contributed by atoms with van der Waals surface area (Å²) in [5.41, 5.74) is 3.69. The lowest BCUT2D eigenvalue weighted by molar-refractivity contribution is -0.154. The SMILES string of the molecule is Cc1oc2cc(OCC(=O)O[C@@H]3CC[C@@]4(C)C(=CC[C@H]5[C@H]4CC[C@]4(C)C[C@@H]([C@@H](C)CCCC(C)C)CC[C@@H]54)C3)ccc2c(=O)c1-c1ccc2c(c1)OCCCO2. The molecule has 0 unspecified atom stereocenters. The predicted molar refractivity (Wildman–Crippen MR) is 221 cm³/mol. The van der Waals surface area contributed by atoms with Crippen LogP contribution in [0.25, 0.3) is 22.1 Å². The Balaban J connectivity index is 0.867. The molecule has 0 radical (unpaired) electrons. The van der Waals surface area contributed by atoms with Gasteiger partial charge in [-0.15, -0.1) is 0 Å². The predicted octanol–water partition coefficient (Wildman–Crippen LogP) is 11.7. The Morgan fingerprint density at radius 3 is 2.57 bits per heavy atom. The molecule has 0 N–H and O–H groups in total. The van der Waals surface area contributed by atoms with Gasteiger partial charge >= 0.3 is 5.97 Å². The molecule has 0 amide bonds. The first-order valence-corrected chi connectivity index (χ1v) is 21.9. The van der Waals surface area contributed by atoms with E-state index in [-0.39, 0.29) is 29.5 Å². The lowest BCUT2D eigenvalue weighted by Crippen LogP contribution is -2.52. The van der Waals surface area contributed by atoms with E-state index in [1.165, 1.54) is 63.4 Å². The molecule has 0 bridgehead atoms. The van der Waals surface area contributed by atoms with Gasteiger partial charge in [0, 0.05) is 18.9 Å². The van der Waals surface area contributed by atoms with Gasteiger partial charge in [0.05, 0.1) is 24.2 Å². The van der Waals surface area contributed by atoms with Crippen molar-refractivity contribution >= 4 is 16.9 Å². The zero-order valence-corrected chi connectivity index (χ0v) is 34.8. The number of hydrogen-bond acceptors (Lipinski definition) is 7. The van der Waals surface area contributed by atoms with Gasteiger partial charge in [-0.3, -0.25) is 4.79 Å². The maximum atomic E-state index is 13.7. The number of rotatable bonds is 10.